The highest BCUT2D eigenvalue weighted by Gasteiger charge is 2.42. The highest BCUT2D eigenvalue weighted by Crippen LogP contribution is 2.35. The fraction of sp³-hybridized carbons (Fsp3) is 0.524. The molecule has 0 saturated carbocycles. The number of nitrogens with one attached hydrogen (secondary N) is 1. The van der Waals surface area contributed by atoms with Crippen LogP contribution < -0.4 is 5.32 Å². The van der Waals surface area contributed by atoms with Crippen LogP contribution in [0, 0.1) is 19.7 Å². The number of halogens is 1. The minimum atomic E-state index is -0.742. The SMILES string of the molecule is Cc1nn(C)c(C)c1C[C@@H](C)NC(=O)C1(c2cccc(F)c2)CCOCC1. The van der Waals surface area contributed by atoms with Gasteiger partial charge in [-0.15, -0.1) is 0 Å². The molecule has 6 heteroatoms. The predicted octanol–water partition coefficient (Wildman–Crippen LogP) is 2.97. The van der Waals surface area contributed by atoms with Crippen LogP contribution in [0.5, 0.6) is 0 Å². The van der Waals surface area contributed by atoms with Gasteiger partial charge in [0.05, 0.1) is 11.1 Å². The third-order valence-corrected chi connectivity index (χ3v) is 5.70. The quantitative estimate of drug-likeness (QED) is 0.877. The summed E-state index contributed by atoms with van der Waals surface area (Å²) in [5.74, 6) is -0.371. The number of carbonyl (C=O) groups is 1. The lowest BCUT2D eigenvalue weighted by Crippen LogP contribution is -2.50. The molecule has 0 spiro atoms. The fourth-order valence-corrected chi connectivity index (χ4v) is 3.98. The number of ether oxygens (including phenoxy) is 1. The monoisotopic (exact) mass is 373 g/mol. The second-order valence-corrected chi connectivity index (χ2v) is 7.56. The van der Waals surface area contributed by atoms with Gasteiger partial charge in [-0.2, -0.15) is 5.10 Å². The van der Waals surface area contributed by atoms with Gasteiger partial charge < -0.3 is 10.1 Å². The van der Waals surface area contributed by atoms with E-state index in [0.29, 0.717) is 32.5 Å². The van der Waals surface area contributed by atoms with Crippen molar-refractivity contribution < 1.29 is 13.9 Å². The standard InChI is InChI=1S/C21H28FN3O2/c1-14(12-19-15(2)24-25(4)16(19)3)23-20(26)21(8-10-27-11-9-21)17-6-5-7-18(22)13-17/h5-7,13-14H,8-12H2,1-4H3,(H,23,26)/t14-/m1/s1. The normalized spacial score (nSPS) is 17.5. The molecule has 0 radical (unpaired) electrons. The molecule has 1 saturated heterocycles. The summed E-state index contributed by atoms with van der Waals surface area (Å²) in [4.78, 5) is 13.3. The molecule has 1 aliphatic rings. The molecule has 1 aromatic heterocycles. The van der Waals surface area contributed by atoms with Crippen molar-refractivity contribution >= 4 is 5.91 Å². The molecule has 1 N–H and O–H groups in total. The van der Waals surface area contributed by atoms with Crippen molar-refractivity contribution in [2.45, 2.75) is 51.5 Å². The zero-order valence-corrected chi connectivity index (χ0v) is 16.5. The molecule has 1 aromatic carbocycles. The Bertz CT molecular complexity index is 825. The van der Waals surface area contributed by atoms with Crippen molar-refractivity contribution in [2.75, 3.05) is 13.2 Å². The van der Waals surface area contributed by atoms with Gasteiger partial charge >= 0.3 is 0 Å². The molecule has 2 heterocycles. The number of aryl methyl sites for hydroxylation is 2. The Hall–Kier alpha value is -2.21. The number of rotatable bonds is 5. The van der Waals surface area contributed by atoms with Gasteiger partial charge in [0.2, 0.25) is 5.91 Å². The summed E-state index contributed by atoms with van der Waals surface area (Å²) < 4.78 is 21.2. The van der Waals surface area contributed by atoms with Crippen molar-refractivity contribution in [1.29, 1.82) is 0 Å². The van der Waals surface area contributed by atoms with E-state index >= 15 is 0 Å². The second kappa shape index (κ2) is 7.80. The van der Waals surface area contributed by atoms with E-state index in [2.05, 4.69) is 10.4 Å². The predicted molar refractivity (Wildman–Crippen MR) is 102 cm³/mol. The highest BCUT2D eigenvalue weighted by atomic mass is 19.1. The number of benzene rings is 1. The van der Waals surface area contributed by atoms with E-state index in [4.69, 9.17) is 4.74 Å². The van der Waals surface area contributed by atoms with Gasteiger partial charge in [-0.25, -0.2) is 4.39 Å². The number of nitrogens with zero attached hydrogens (tertiary/aromatic N) is 2. The van der Waals surface area contributed by atoms with Crippen molar-refractivity contribution in [3.8, 4) is 0 Å². The fourth-order valence-electron chi connectivity index (χ4n) is 3.98. The number of hydrogen-bond acceptors (Lipinski definition) is 3. The summed E-state index contributed by atoms with van der Waals surface area (Å²) in [6, 6.07) is 6.35. The maximum atomic E-state index is 13.8. The summed E-state index contributed by atoms with van der Waals surface area (Å²) in [5.41, 5.74) is 3.25. The van der Waals surface area contributed by atoms with Crippen molar-refractivity contribution in [2.24, 2.45) is 7.05 Å². The van der Waals surface area contributed by atoms with Gasteiger partial charge in [0, 0.05) is 32.0 Å². The summed E-state index contributed by atoms with van der Waals surface area (Å²) >= 11 is 0. The maximum Gasteiger partial charge on any atom is 0.231 e. The molecular formula is C21H28FN3O2. The lowest BCUT2D eigenvalue weighted by molar-refractivity contribution is -0.131. The van der Waals surface area contributed by atoms with Gasteiger partial charge in [0.1, 0.15) is 5.82 Å². The Labute approximate surface area is 159 Å². The van der Waals surface area contributed by atoms with Crippen LogP contribution in [0.1, 0.15) is 42.3 Å². The molecule has 5 nitrogen and oxygen atoms in total. The lowest BCUT2D eigenvalue weighted by atomic mass is 9.73. The van der Waals surface area contributed by atoms with Crippen molar-refractivity contribution in [1.82, 2.24) is 15.1 Å². The topological polar surface area (TPSA) is 56.2 Å². The van der Waals surface area contributed by atoms with Gasteiger partial charge in [-0.05, 0) is 63.3 Å². The Kier molecular flexibility index (Phi) is 5.65. The summed E-state index contributed by atoms with van der Waals surface area (Å²) in [6.07, 6.45) is 1.83. The number of amides is 1. The van der Waals surface area contributed by atoms with Crippen LogP contribution in [0.15, 0.2) is 24.3 Å². The minimum absolute atomic E-state index is 0.0487. The first kappa shape index (κ1) is 19.5. The third kappa shape index (κ3) is 3.90. The molecule has 146 valence electrons. The molecule has 0 bridgehead atoms. The molecule has 1 aliphatic heterocycles. The average Bonchev–Trinajstić information content (AvgIpc) is 2.88. The number of carbonyl (C=O) groups excluding carboxylic acids is 1. The van der Waals surface area contributed by atoms with E-state index in [1.165, 1.54) is 12.1 Å². The molecule has 2 aromatic rings. The third-order valence-electron chi connectivity index (χ3n) is 5.70. The molecule has 1 atom stereocenters. The van der Waals surface area contributed by atoms with E-state index < -0.39 is 5.41 Å². The van der Waals surface area contributed by atoms with E-state index in [-0.39, 0.29) is 17.8 Å². The first-order valence-electron chi connectivity index (χ1n) is 9.47. The van der Waals surface area contributed by atoms with Gasteiger partial charge in [0.25, 0.3) is 0 Å². The van der Waals surface area contributed by atoms with Crippen LogP contribution >= 0.6 is 0 Å². The Balaban J connectivity index is 1.80. The molecular weight excluding hydrogens is 345 g/mol. The Morgan fingerprint density at radius 3 is 2.67 bits per heavy atom. The Morgan fingerprint density at radius 1 is 1.37 bits per heavy atom. The lowest BCUT2D eigenvalue weighted by Gasteiger charge is -2.37. The molecule has 0 aliphatic carbocycles. The minimum Gasteiger partial charge on any atom is -0.381 e. The first-order valence-corrected chi connectivity index (χ1v) is 9.47. The van der Waals surface area contributed by atoms with Crippen molar-refractivity contribution in [3.05, 3.63) is 52.6 Å². The first-order chi connectivity index (χ1) is 12.8. The second-order valence-electron chi connectivity index (χ2n) is 7.56. The molecule has 27 heavy (non-hydrogen) atoms. The Morgan fingerprint density at radius 2 is 2.07 bits per heavy atom. The maximum absolute atomic E-state index is 13.8. The van der Waals surface area contributed by atoms with Crippen LogP contribution in [-0.4, -0.2) is 34.9 Å². The average molecular weight is 373 g/mol. The van der Waals surface area contributed by atoms with Crippen LogP contribution in [0.2, 0.25) is 0 Å². The van der Waals surface area contributed by atoms with Gasteiger partial charge in [0.15, 0.2) is 0 Å². The van der Waals surface area contributed by atoms with E-state index in [9.17, 15) is 9.18 Å². The van der Waals surface area contributed by atoms with E-state index in [1.54, 1.807) is 6.07 Å². The molecule has 0 unspecified atom stereocenters. The van der Waals surface area contributed by atoms with Crippen LogP contribution in [0.25, 0.3) is 0 Å². The molecule has 1 fully saturated rings. The summed E-state index contributed by atoms with van der Waals surface area (Å²) in [7, 11) is 1.93. The summed E-state index contributed by atoms with van der Waals surface area (Å²) in [6.45, 7) is 7.03. The molecule has 3 rings (SSSR count). The van der Waals surface area contributed by atoms with Crippen LogP contribution in [0.4, 0.5) is 4.39 Å². The van der Waals surface area contributed by atoms with E-state index in [1.807, 2.05) is 38.6 Å². The van der Waals surface area contributed by atoms with Gasteiger partial charge in [-0.3, -0.25) is 9.48 Å². The zero-order chi connectivity index (χ0) is 19.6. The smallest absolute Gasteiger partial charge is 0.231 e. The summed E-state index contributed by atoms with van der Waals surface area (Å²) in [5, 5.41) is 7.62. The van der Waals surface area contributed by atoms with Crippen LogP contribution in [-0.2, 0) is 28.4 Å². The number of hydrogen-bond donors (Lipinski definition) is 1. The van der Waals surface area contributed by atoms with Gasteiger partial charge in [-0.1, -0.05) is 12.1 Å². The number of aromatic nitrogens is 2. The van der Waals surface area contributed by atoms with E-state index in [0.717, 1.165) is 22.5 Å². The van der Waals surface area contributed by atoms with Crippen molar-refractivity contribution in [3.63, 3.8) is 0 Å². The molecule has 1 amide bonds. The highest BCUT2D eigenvalue weighted by molar-refractivity contribution is 5.88. The zero-order valence-electron chi connectivity index (χ0n) is 16.5. The van der Waals surface area contributed by atoms with Crippen LogP contribution in [0.3, 0.4) is 0 Å². The largest absolute Gasteiger partial charge is 0.381 e.